The molecule has 0 aromatic heterocycles. The molecule has 0 aliphatic heterocycles. The van der Waals surface area contributed by atoms with Crippen molar-refractivity contribution in [2.45, 2.75) is 20.3 Å². The molecule has 2 heteroatoms. The summed E-state index contributed by atoms with van der Waals surface area (Å²) in [6.07, 6.45) is 1.60. The monoisotopic (exact) mass is 138 g/mol. The normalized spacial score (nSPS) is 10.0. The molecule has 0 radical (unpaired) electrons. The van der Waals surface area contributed by atoms with Crippen LogP contribution >= 0.6 is 0 Å². The van der Waals surface area contributed by atoms with E-state index < -0.39 is 0 Å². The molecule has 2 nitrogen and oxygen atoms in total. The van der Waals surface area contributed by atoms with Crippen LogP contribution < -0.4 is 0 Å². The van der Waals surface area contributed by atoms with Crippen molar-refractivity contribution < 1.29 is 9.90 Å². The van der Waals surface area contributed by atoms with Crippen LogP contribution in [0.25, 0.3) is 0 Å². The molecule has 0 saturated heterocycles. The fourth-order valence-corrected chi connectivity index (χ4v) is 0.413. The molecule has 54 valence electrons. The van der Waals surface area contributed by atoms with Gasteiger partial charge in [-0.25, -0.2) is 0 Å². The minimum absolute atomic E-state index is 0.0766. The second-order valence-corrected chi connectivity index (χ2v) is 1.73. The van der Waals surface area contributed by atoms with Crippen LogP contribution in [0.5, 0.6) is 0 Å². The number of hydrogen-bond acceptors (Lipinski definition) is 2. The van der Waals surface area contributed by atoms with Crippen LogP contribution in [-0.2, 0) is 4.79 Å². The Hall–Kier alpha value is -1.23. The Kier molecular flexibility index (Phi) is 4.06. The van der Waals surface area contributed by atoms with Gasteiger partial charge in [-0.1, -0.05) is 12.8 Å². The SMILES string of the molecule is CC#CC(=O)C=C(O)CC. The molecule has 0 rings (SSSR count). The Labute approximate surface area is 60.6 Å². The summed E-state index contributed by atoms with van der Waals surface area (Å²) in [5.74, 6) is 4.46. The quantitative estimate of drug-likeness (QED) is 0.271. The van der Waals surface area contributed by atoms with Crippen LogP contribution in [0.4, 0.5) is 0 Å². The highest BCUT2D eigenvalue weighted by molar-refractivity contribution is 6.04. The lowest BCUT2D eigenvalue weighted by atomic mass is 10.3. The number of carbonyl (C=O) groups excluding carboxylic acids is 1. The average Bonchev–Trinajstić information content (AvgIpc) is 1.88. The Morgan fingerprint density at radius 1 is 1.70 bits per heavy atom. The molecule has 0 aromatic carbocycles. The van der Waals surface area contributed by atoms with Crippen molar-refractivity contribution in [3.63, 3.8) is 0 Å². The summed E-state index contributed by atoms with van der Waals surface area (Å²) >= 11 is 0. The van der Waals surface area contributed by atoms with E-state index in [2.05, 4.69) is 11.8 Å². The predicted octanol–water partition coefficient (Wildman–Crippen LogP) is 1.43. The van der Waals surface area contributed by atoms with Crippen LogP contribution in [-0.4, -0.2) is 10.9 Å². The Bertz CT molecular complexity index is 203. The van der Waals surface area contributed by atoms with E-state index in [0.717, 1.165) is 6.08 Å². The van der Waals surface area contributed by atoms with E-state index in [-0.39, 0.29) is 11.5 Å². The van der Waals surface area contributed by atoms with Crippen molar-refractivity contribution in [2.24, 2.45) is 0 Å². The van der Waals surface area contributed by atoms with Crippen LogP contribution in [0, 0.1) is 11.8 Å². The zero-order valence-corrected chi connectivity index (χ0v) is 6.14. The third kappa shape index (κ3) is 3.73. The Balaban J connectivity index is 4.09. The molecule has 10 heavy (non-hydrogen) atoms. The zero-order valence-electron chi connectivity index (χ0n) is 6.14. The molecule has 0 aliphatic carbocycles. The van der Waals surface area contributed by atoms with Gasteiger partial charge >= 0.3 is 0 Å². The van der Waals surface area contributed by atoms with Crippen molar-refractivity contribution in [1.29, 1.82) is 0 Å². The van der Waals surface area contributed by atoms with Gasteiger partial charge in [0.15, 0.2) is 0 Å². The van der Waals surface area contributed by atoms with E-state index in [1.165, 1.54) is 0 Å². The molecule has 0 spiro atoms. The van der Waals surface area contributed by atoms with Gasteiger partial charge in [-0.3, -0.25) is 4.79 Å². The summed E-state index contributed by atoms with van der Waals surface area (Å²) in [6, 6.07) is 0. The van der Waals surface area contributed by atoms with Crippen molar-refractivity contribution in [2.75, 3.05) is 0 Å². The van der Waals surface area contributed by atoms with E-state index in [1.54, 1.807) is 13.8 Å². The number of rotatable bonds is 2. The third-order valence-corrected chi connectivity index (χ3v) is 0.908. The predicted molar refractivity (Wildman–Crippen MR) is 39.5 cm³/mol. The van der Waals surface area contributed by atoms with E-state index in [4.69, 9.17) is 5.11 Å². The average molecular weight is 138 g/mol. The van der Waals surface area contributed by atoms with Crippen LogP contribution in [0.2, 0.25) is 0 Å². The summed E-state index contributed by atoms with van der Waals surface area (Å²) in [5, 5.41) is 8.83. The molecular weight excluding hydrogens is 128 g/mol. The van der Waals surface area contributed by atoms with Crippen LogP contribution in [0.15, 0.2) is 11.8 Å². The molecule has 0 amide bonds. The minimum atomic E-state index is -0.346. The van der Waals surface area contributed by atoms with Gasteiger partial charge in [0.1, 0.15) is 0 Å². The highest BCUT2D eigenvalue weighted by Gasteiger charge is 1.92. The number of carbonyl (C=O) groups is 1. The van der Waals surface area contributed by atoms with E-state index in [9.17, 15) is 4.79 Å². The first-order valence-corrected chi connectivity index (χ1v) is 3.07. The van der Waals surface area contributed by atoms with Gasteiger partial charge in [0, 0.05) is 12.5 Å². The Morgan fingerprint density at radius 3 is 2.70 bits per heavy atom. The van der Waals surface area contributed by atoms with Gasteiger partial charge in [0.05, 0.1) is 5.76 Å². The summed E-state index contributed by atoms with van der Waals surface area (Å²) in [5.41, 5.74) is 0. The number of aliphatic hydroxyl groups excluding tert-OH is 1. The fourth-order valence-electron chi connectivity index (χ4n) is 0.413. The standard InChI is InChI=1S/C8H10O2/c1-3-5-8(10)6-7(9)4-2/h6,9H,4H2,1-2H3. The van der Waals surface area contributed by atoms with Crippen LogP contribution in [0.3, 0.4) is 0 Å². The van der Waals surface area contributed by atoms with E-state index in [1.807, 2.05) is 0 Å². The smallest absolute Gasteiger partial charge is 0.232 e. The lowest BCUT2D eigenvalue weighted by Crippen LogP contribution is -1.89. The molecule has 1 N–H and O–H groups in total. The first kappa shape index (κ1) is 8.77. The first-order chi connectivity index (χ1) is 4.70. The summed E-state index contributed by atoms with van der Waals surface area (Å²) in [6.45, 7) is 3.34. The van der Waals surface area contributed by atoms with Crippen molar-refractivity contribution in [3.05, 3.63) is 11.8 Å². The molecule has 0 fully saturated rings. The maximum Gasteiger partial charge on any atom is 0.232 e. The summed E-state index contributed by atoms with van der Waals surface area (Å²) < 4.78 is 0. The molecule has 0 bridgehead atoms. The molecule has 0 aliphatic rings. The minimum Gasteiger partial charge on any atom is -0.512 e. The van der Waals surface area contributed by atoms with Gasteiger partial charge in [-0.05, 0) is 12.8 Å². The van der Waals surface area contributed by atoms with Gasteiger partial charge in [0.2, 0.25) is 5.78 Å². The first-order valence-electron chi connectivity index (χ1n) is 3.07. The highest BCUT2D eigenvalue weighted by Crippen LogP contribution is 1.92. The fraction of sp³-hybridized carbons (Fsp3) is 0.375. The summed E-state index contributed by atoms with van der Waals surface area (Å²) in [4.78, 5) is 10.6. The molecule has 0 saturated carbocycles. The maximum atomic E-state index is 10.6. The van der Waals surface area contributed by atoms with Crippen molar-refractivity contribution in [1.82, 2.24) is 0 Å². The second-order valence-electron chi connectivity index (χ2n) is 1.73. The highest BCUT2D eigenvalue weighted by atomic mass is 16.3. The van der Waals surface area contributed by atoms with Crippen molar-refractivity contribution in [3.8, 4) is 11.8 Å². The largest absolute Gasteiger partial charge is 0.512 e. The summed E-state index contributed by atoms with van der Waals surface area (Å²) in [7, 11) is 0. The van der Waals surface area contributed by atoms with Gasteiger partial charge in [0.25, 0.3) is 0 Å². The number of hydrogen-bond donors (Lipinski definition) is 1. The molecule has 0 unspecified atom stereocenters. The molecule has 0 heterocycles. The van der Waals surface area contributed by atoms with Crippen LogP contribution in [0.1, 0.15) is 20.3 Å². The van der Waals surface area contributed by atoms with Gasteiger partial charge in [-0.2, -0.15) is 0 Å². The lowest BCUT2D eigenvalue weighted by molar-refractivity contribution is -0.109. The van der Waals surface area contributed by atoms with E-state index >= 15 is 0 Å². The zero-order chi connectivity index (χ0) is 7.98. The second kappa shape index (κ2) is 4.63. The Morgan fingerprint density at radius 2 is 2.30 bits per heavy atom. The van der Waals surface area contributed by atoms with Crippen molar-refractivity contribution >= 4 is 5.78 Å². The molecule has 0 atom stereocenters. The van der Waals surface area contributed by atoms with Gasteiger partial charge in [-0.15, -0.1) is 0 Å². The lowest BCUT2D eigenvalue weighted by Gasteiger charge is -1.87. The third-order valence-electron chi connectivity index (χ3n) is 0.908. The topological polar surface area (TPSA) is 37.3 Å². The molecule has 0 aromatic rings. The number of aliphatic hydroxyl groups is 1. The number of ketones is 1. The van der Waals surface area contributed by atoms with Gasteiger partial charge < -0.3 is 5.11 Å². The number of allylic oxidation sites excluding steroid dienone is 2. The maximum absolute atomic E-state index is 10.6. The molecular formula is C8H10O2. The van der Waals surface area contributed by atoms with E-state index in [0.29, 0.717) is 6.42 Å².